The number of nitrogens with one attached hydrogen (secondary N) is 2. The number of ether oxygens (including phenoxy) is 1. The van der Waals surface area contributed by atoms with E-state index in [0.717, 1.165) is 29.0 Å². The van der Waals surface area contributed by atoms with Crippen LogP contribution < -0.4 is 16.4 Å². The Morgan fingerprint density at radius 3 is 2.39 bits per heavy atom. The summed E-state index contributed by atoms with van der Waals surface area (Å²) in [6.45, 7) is 0.413. The minimum Gasteiger partial charge on any atom is -0.386 e. The van der Waals surface area contributed by atoms with E-state index in [-0.39, 0.29) is 47.4 Å². The molecule has 1 aliphatic heterocycles. The molecule has 310 valence electrons. The number of hydrogen-bond donors (Lipinski definition) is 9. The topological polar surface area (TPSA) is 377 Å². The Morgan fingerprint density at radius 1 is 1.04 bits per heavy atom. The molecular weight excluding hydrogens is 833 g/mol. The molecule has 4 heterocycles. The van der Waals surface area contributed by atoms with E-state index < -0.39 is 84.6 Å². The van der Waals surface area contributed by atoms with Gasteiger partial charge in [-0.05, 0) is 12.1 Å². The van der Waals surface area contributed by atoms with Gasteiger partial charge in [-0.1, -0.05) is 25.6 Å². The predicted molar refractivity (Wildman–Crippen MR) is 191 cm³/mol. The third kappa shape index (κ3) is 12.9. The number of fused-ring (bicyclic) bond motifs is 1. The van der Waals surface area contributed by atoms with Crippen molar-refractivity contribution in [2.24, 2.45) is 5.41 Å². The highest BCUT2D eigenvalue weighted by molar-refractivity contribution is 8.14. The second-order valence-electron chi connectivity index (χ2n) is 12.4. The first-order valence-electron chi connectivity index (χ1n) is 16.1. The van der Waals surface area contributed by atoms with Crippen LogP contribution in [0.1, 0.15) is 36.9 Å². The van der Waals surface area contributed by atoms with Gasteiger partial charge in [-0.3, -0.25) is 37.5 Å². The van der Waals surface area contributed by atoms with Gasteiger partial charge in [-0.25, -0.2) is 28.6 Å². The average Bonchev–Trinajstić information content (AvgIpc) is 3.68. The number of hydrogen-bond acceptors (Lipinski definition) is 19. The van der Waals surface area contributed by atoms with Gasteiger partial charge in [0.1, 0.15) is 36.3 Å². The largest absolute Gasteiger partial charge is 0.481 e. The molecule has 29 heteroatoms. The zero-order chi connectivity index (χ0) is 41.5. The normalized spacial score (nSPS) is 21.6. The molecular formula is C27H39N8O17P3S. The van der Waals surface area contributed by atoms with E-state index in [4.69, 9.17) is 19.5 Å². The summed E-state index contributed by atoms with van der Waals surface area (Å²) in [6.07, 6.45) is -4.00. The van der Waals surface area contributed by atoms with E-state index in [9.17, 15) is 57.9 Å². The number of phosphoric ester groups is 3. The number of nitrogen functional groups attached to an aromatic ring is 1. The van der Waals surface area contributed by atoms with E-state index in [1.165, 1.54) is 26.2 Å². The Balaban J connectivity index is 1.23. The molecule has 56 heavy (non-hydrogen) atoms. The number of nitrogens with zero attached hydrogens (tertiary/aromatic N) is 5. The standard InChI is InChI=1S/C27H39N8O17P3S/c1-27(2,21(38)24(39)31-8-5-17(36)30-9-10-56-26(40)15-3-6-29-7-4-15)12-49-55(46,47)52-54(44,45)48-11-16-20(51-53(41,42)43)19(37)25(50-16)35-14-34-18-22(28)32-13-33-23(18)35/h3-4,6-7,13-14,16,19-21,25,37-38H,5,8-12H2,1-2H3,(H,30,36)(H,31,39)(H,44,45)(H,46,47)(H2,28,32,33)(H2,41,42,43)/t16-,19-,20-,21+,25-/m1/s1. The number of anilines is 1. The lowest BCUT2D eigenvalue weighted by atomic mass is 9.87. The van der Waals surface area contributed by atoms with Gasteiger partial charge in [0.05, 0.1) is 19.5 Å². The molecule has 25 nitrogen and oxygen atoms in total. The fourth-order valence-electron chi connectivity index (χ4n) is 4.85. The maximum Gasteiger partial charge on any atom is 0.481 e. The van der Waals surface area contributed by atoms with Crippen molar-refractivity contribution >= 4 is 69.1 Å². The monoisotopic (exact) mass is 872 g/mol. The maximum atomic E-state index is 12.7. The minimum atomic E-state index is -5.57. The van der Waals surface area contributed by atoms with Crippen molar-refractivity contribution < 1.29 is 80.5 Å². The van der Waals surface area contributed by atoms with Crippen molar-refractivity contribution in [3.8, 4) is 0 Å². The van der Waals surface area contributed by atoms with Crippen molar-refractivity contribution in [2.45, 2.75) is 50.9 Å². The van der Waals surface area contributed by atoms with Crippen LogP contribution in [0.15, 0.2) is 37.2 Å². The number of rotatable bonds is 20. The Morgan fingerprint density at radius 2 is 1.71 bits per heavy atom. The van der Waals surface area contributed by atoms with Crippen molar-refractivity contribution in [2.75, 3.05) is 37.8 Å². The van der Waals surface area contributed by atoms with Gasteiger partial charge in [0, 0.05) is 48.6 Å². The quantitative estimate of drug-likeness (QED) is 0.0504. The summed E-state index contributed by atoms with van der Waals surface area (Å²) in [7, 11) is -16.4. The lowest BCUT2D eigenvalue weighted by Crippen LogP contribution is -2.46. The molecule has 1 fully saturated rings. The fourth-order valence-corrected chi connectivity index (χ4v) is 8.37. The number of amides is 2. The number of pyridine rings is 1. The number of carbonyl (C=O) groups is 3. The van der Waals surface area contributed by atoms with E-state index in [0.29, 0.717) is 5.56 Å². The molecule has 2 unspecified atom stereocenters. The molecule has 0 aliphatic carbocycles. The van der Waals surface area contributed by atoms with Crippen molar-refractivity contribution in [1.29, 1.82) is 0 Å². The second-order valence-corrected chi connectivity index (χ2v) is 17.7. The third-order valence-electron chi connectivity index (χ3n) is 7.65. The van der Waals surface area contributed by atoms with Crippen LogP contribution in [0, 0.1) is 5.41 Å². The Kier molecular flexibility index (Phi) is 15.4. The number of carbonyl (C=O) groups excluding carboxylic acids is 3. The first-order valence-corrected chi connectivity index (χ1v) is 21.6. The first-order chi connectivity index (χ1) is 26.1. The molecule has 0 bridgehead atoms. The van der Waals surface area contributed by atoms with Gasteiger partial charge in [-0.2, -0.15) is 4.31 Å². The lowest BCUT2D eigenvalue weighted by molar-refractivity contribution is -0.137. The van der Waals surface area contributed by atoms with Gasteiger partial charge in [0.15, 0.2) is 17.7 Å². The van der Waals surface area contributed by atoms with Gasteiger partial charge < -0.3 is 50.9 Å². The summed E-state index contributed by atoms with van der Waals surface area (Å²) in [5, 5.41) is 26.1. The zero-order valence-corrected chi connectivity index (χ0v) is 32.8. The summed E-state index contributed by atoms with van der Waals surface area (Å²) >= 11 is 0.996. The van der Waals surface area contributed by atoms with E-state index >= 15 is 0 Å². The molecule has 0 aromatic carbocycles. The average molecular weight is 873 g/mol. The van der Waals surface area contributed by atoms with Crippen LogP contribution in [0.2, 0.25) is 0 Å². The minimum absolute atomic E-state index is 0.0279. The summed E-state index contributed by atoms with van der Waals surface area (Å²) in [5.74, 6) is -1.20. The highest BCUT2D eigenvalue weighted by Gasteiger charge is 2.50. The molecule has 2 amide bonds. The van der Waals surface area contributed by atoms with Crippen molar-refractivity contribution in [3.63, 3.8) is 0 Å². The Bertz CT molecular complexity index is 2010. The number of phosphoric acid groups is 3. The molecule has 3 aromatic rings. The second kappa shape index (κ2) is 19.0. The summed E-state index contributed by atoms with van der Waals surface area (Å²) in [5.41, 5.74) is 4.71. The third-order valence-corrected chi connectivity index (χ3v) is 11.7. The highest BCUT2D eigenvalue weighted by atomic mass is 32.2. The number of thioether (sulfide) groups is 1. The van der Waals surface area contributed by atoms with E-state index in [1.54, 1.807) is 12.1 Å². The molecule has 1 saturated heterocycles. The van der Waals surface area contributed by atoms with Crippen LogP contribution in [-0.4, -0.2) is 128 Å². The molecule has 7 atom stereocenters. The molecule has 10 N–H and O–H groups in total. The highest BCUT2D eigenvalue weighted by Crippen LogP contribution is 2.61. The SMILES string of the molecule is CC(C)(COP(=O)(O)OP(=O)(O)OC[C@H]1O[C@@H](n2cnc3c(N)ncnc32)[C@H](O)[C@@H]1OP(=O)(O)O)[C@@H](O)C(=O)NCCC(=O)NCCSC(=O)c1ccncc1. The van der Waals surface area contributed by atoms with E-state index in [1.807, 2.05) is 0 Å². The van der Waals surface area contributed by atoms with Crippen LogP contribution >= 0.6 is 35.2 Å². The Labute approximate surface area is 321 Å². The summed E-state index contributed by atoms with van der Waals surface area (Å²) in [6, 6.07) is 3.12. The van der Waals surface area contributed by atoms with E-state index in [2.05, 4.69) is 39.4 Å². The van der Waals surface area contributed by atoms with Crippen LogP contribution in [0.25, 0.3) is 11.2 Å². The zero-order valence-electron chi connectivity index (χ0n) is 29.3. The van der Waals surface area contributed by atoms with Crippen molar-refractivity contribution in [1.82, 2.24) is 35.1 Å². The number of nitrogens with two attached hydrogens (primary N) is 1. The van der Waals surface area contributed by atoms with Crippen LogP contribution in [0.4, 0.5) is 5.82 Å². The first kappa shape index (κ1) is 45.4. The number of aliphatic hydroxyl groups is 2. The van der Waals surface area contributed by atoms with Gasteiger partial charge in [0.2, 0.25) is 16.9 Å². The number of aliphatic hydroxyl groups excluding tert-OH is 2. The molecule has 4 rings (SSSR count). The van der Waals surface area contributed by atoms with Crippen LogP contribution in [0.5, 0.6) is 0 Å². The smallest absolute Gasteiger partial charge is 0.386 e. The van der Waals surface area contributed by atoms with Gasteiger partial charge >= 0.3 is 23.5 Å². The summed E-state index contributed by atoms with van der Waals surface area (Å²) < 4.78 is 62.1. The molecule has 3 aromatic heterocycles. The Hall–Kier alpha value is -3.29. The number of aromatic nitrogens is 5. The predicted octanol–water partition coefficient (Wildman–Crippen LogP) is -0.626. The van der Waals surface area contributed by atoms with Crippen LogP contribution in [0.3, 0.4) is 0 Å². The summed E-state index contributed by atoms with van der Waals surface area (Å²) in [4.78, 5) is 91.5. The maximum absolute atomic E-state index is 12.7. The van der Waals surface area contributed by atoms with Gasteiger partial charge in [0.25, 0.3) is 0 Å². The fraction of sp³-hybridized carbons (Fsp3) is 0.519. The van der Waals surface area contributed by atoms with Gasteiger partial charge in [-0.15, -0.1) is 0 Å². The number of imidazole rings is 1. The lowest BCUT2D eigenvalue weighted by Gasteiger charge is -2.30. The van der Waals surface area contributed by atoms with Crippen LogP contribution in [-0.2, 0) is 45.9 Å². The molecule has 0 spiro atoms. The van der Waals surface area contributed by atoms with Crippen molar-refractivity contribution in [3.05, 3.63) is 42.7 Å². The molecule has 1 aliphatic rings. The molecule has 0 radical (unpaired) electrons. The molecule has 0 saturated carbocycles.